The van der Waals surface area contributed by atoms with E-state index in [0.29, 0.717) is 17.3 Å². The molecule has 0 saturated heterocycles. The average molecular weight is 387 g/mol. The zero-order chi connectivity index (χ0) is 17.9. The number of halogens is 2. The van der Waals surface area contributed by atoms with Gasteiger partial charge >= 0.3 is 0 Å². The summed E-state index contributed by atoms with van der Waals surface area (Å²) in [4.78, 5) is 11.8. The molecule has 0 spiro atoms. The highest BCUT2D eigenvalue weighted by Crippen LogP contribution is 2.29. The van der Waals surface area contributed by atoms with Crippen molar-refractivity contribution in [2.75, 3.05) is 17.9 Å². The van der Waals surface area contributed by atoms with Gasteiger partial charge in [-0.25, -0.2) is 8.42 Å². The predicted molar refractivity (Wildman–Crippen MR) is 96.5 cm³/mol. The van der Waals surface area contributed by atoms with E-state index in [-0.39, 0.29) is 21.4 Å². The number of hydrogen-bond donors (Lipinski definition) is 1. The van der Waals surface area contributed by atoms with Crippen LogP contribution in [-0.4, -0.2) is 27.9 Å². The van der Waals surface area contributed by atoms with Gasteiger partial charge < -0.3 is 5.32 Å². The fourth-order valence-electron chi connectivity index (χ4n) is 2.04. The Bertz CT molecular complexity index is 852. The Morgan fingerprint density at radius 1 is 1.12 bits per heavy atom. The molecule has 1 N–H and O–H groups in total. The Morgan fingerprint density at radius 3 is 2.33 bits per heavy atom. The standard InChI is InChI=1S/C16H16Cl2N2O3S/c1-3-19-16(21)11-4-9-14(18)15(10-11)24(22,23)20(2)13-7-5-12(17)6-8-13/h4-10H,3H2,1-2H3,(H,19,21). The third kappa shape index (κ3) is 3.83. The number of rotatable bonds is 5. The lowest BCUT2D eigenvalue weighted by Crippen LogP contribution is -2.28. The molecule has 0 fully saturated rings. The first-order valence-electron chi connectivity index (χ1n) is 7.09. The van der Waals surface area contributed by atoms with Crippen molar-refractivity contribution >= 4 is 44.8 Å². The van der Waals surface area contributed by atoms with E-state index in [1.54, 1.807) is 31.2 Å². The van der Waals surface area contributed by atoms with Crippen LogP contribution in [-0.2, 0) is 10.0 Å². The van der Waals surface area contributed by atoms with Gasteiger partial charge in [0.1, 0.15) is 4.90 Å². The van der Waals surface area contributed by atoms with Crippen LogP contribution >= 0.6 is 23.2 Å². The van der Waals surface area contributed by atoms with E-state index in [1.807, 2.05) is 0 Å². The van der Waals surface area contributed by atoms with Crippen LogP contribution in [0.5, 0.6) is 0 Å². The summed E-state index contributed by atoms with van der Waals surface area (Å²) in [6.07, 6.45) is 0. The minimum Gasteiger partial charge on any atom is -0.352 e. The number of sulfonamides is 1. The molecule has 5 nitrogen and oxygen atoms in total. The smallest absolute Gasteiger partial charge is 0.265 e. The molecule has 0 bridgehead atoms. The SMILES string of the molecule is CCNC(=O)c1ccc(Cl)c(S(=O)(=O)N(C)c2ccc(Cl)cc2)c1. The first-order chi connectivity index (χ1) is 11.3. The lowest BCUT2D eigenvalue weighted by atomic mass is 10.2. The first kappa shape index (κ1) is 18.6. The number of benzene rings is 2. The number of carbonyl (C=O) groups is 1. The number of nitrogens with zero attached hydrogens (tertiary/aromatic N) is 1. The molecule has 2 aromatic carbocycles. The summed E-state index contributed by atoms with van der Waals surface area (Å²) in [7, 11) is -2.52. The zero-order valence-corrected chi connectivity index (χ0v) is 15.4. The van der Waals surface area contributed by atoms with E-state index in [2.05, 4.69) is 5.32 Å². The van der Waals surface area contributed by atoms with Gasteiger partial charge in [0.25, 0.3) is 15.9 Å². The minimum atomic E-state index is -3.93. The molecule has 2 rings (SSSR count). The summed E-state index contributed by atoms with van der Waals surface area (Å²) in [5.41, 5.74) is 0.656. The summed E-state index contributed by atoms with van der Waals surface area (Å²) in [5.74, 6) is -0.361. The van der Waals surface area contributed by atoms with Crippen molar-refractivity contribution in [3.05, 3.63) is 58.1 Å². The van der Waals surface area contributed by atoms with Crippen LogP contribution in [0.25, 0.3) is 0 Å². The monoisotopic (exact) mass is 386 g/mol. The maximum absolute atomic E-state index is 12.8. The van der Waals surface area contributed by atoms with E-state index < -0.39 is 10.0 Å². The zero-order valence-electron chi connectivity index (χ0n) is 13.1. The number of amides is 1. The lowest BCUT2D eigenvalue weighted by Gasteiger charge is -2.20. The van der Waals surface area contributed by atoms with E-state index in [9.17, 15) is 13.2 Å². The highest BCUT2D eigenvalue weighted by Gasteiger charge is 2.25. The second kappa shape index (κ2) is 7.42. The number of anilines is 1. The van der Waals surface area contributed by atoms with Crippen LogP contribution in [0.4, 0.5) is 5.69 Å². The number of hydrogen-bond acceptors (Lipinski definition) is 3. The van der Waals surface area contributed by atoms with E-state index in [1.165, 1.54) is 25.2 Å². The van der Waals surface area contributed by atoms with E-state index in [0.717, 1.165) is 4.31 Å². The normalized spacial score (nSPS) is 11.2. The highest BCUT2D eigenvalue weighted by atomic mass is 35.5. The van der Waals surface area contributed by atoms with Crippen molar-refractivity contribution in [2.45, 2.75) is 11.8 Å². The Morgan fingerprint density at radius 2 is 1.75 bits per heavy atom. The minimum absolute atomic E-state index is 0.0452. The van der Waals surface area contributed by atoms with Crippen molar-refractivity contribution in [3.8, 4) is 0 Å². The van der Waals surface area contributed by atoms with Crippen LogP contribution < -0.4 is 9.62 Å². The molecular formula is C16H16Cl2N2O3S. The van der Waals surface area contributed by atoms with Crippen LogP contribution in [0.3, 0.4) is 0 Å². The summed E-state index contributed by atoms with van der Waals surface area (Å²) >= 11 is 11.9. The molecule has 8 heteroatoms. The fraction of sp³-hybridized carbons (Fsp3) is 0.188. The van der Waals surface area contributed by atoms with E-state index in [4.69, 9.17) is 23.2 Å². The molecular weight excluding hydrogens is 371 g/mol. The Hall–Kier alpha value is -1.76. The molecule has 0 aliphatic carbocycles. The van der Waals surface area contributed by atoms with Gasteiger partial charge in [0.15, 0.2) is 0 Å². The van der Waals surface area contributed by atoms with E-state index >= 15 is 0 Å². The highest BCUT2D eigenvalue weighted by molar-refractivity contribution is 7.93. The second-order valence-corrected chi connectivity index (χ2v) is 7.73. The lowest BCUT2D eigenvalue weighted by molar-refractivity contribution is 0.0955. The summed E-state index contributed by atoms with van der Waals surface area (Å²) in [5, 5.41) is 3.17. The molecule has 0 aliphatic heterocycles. The second-order valence-electron chi connectivity index (χ2n) is 4.95. The van der Waals surface area contributed by atoms with Gasteiger partial charge in [0, 0.05) is 24.2 Å². The van der Waals surface area contributed by atoms with Crippen molar-refractivity contribution in [2.24, 2.45) is 0 Å². The van der Waals surface area contributed by atoms with Crippen molar-refractivity contribution in [1.82, 2.24) is 5.32 Å². The maximum Gasteiger partial charge on any atom is 0.265 e. The molecule has 0 saturated carbocycles. The van der Waals surface area contributed by atoms with Crippen molar-refractivity contribution < 1.29 is 13.2 Å². The van der Waals surface area contributed by atoms with Gasteiger partial charge in [0.2, 0.25) is 0 Å². The molecule has 0 aliphatic rings. The quantitative estimate of drug-likeness (QED) is 0.853. The molecule has 0 aromatic heterocycles. The van der Waals surface area contributed by atoms with Crippen LogP contribution in [0, 0.1) is 0 Å². The maximum atomic E-state index is 12.8. The molecule has 0 atom stereocenters. The molecule has 2 aromatic rings. The molecule has 128 valence electrons. The van der Waals surface area contributed by atoms with Crippen LogP contribution in [0.2, 0.25) is 10.0 Å². The van der Waals surface area contributed by atoms with Gasteiger partial charge in [-0.2, -0.15) is 0 Å². The predicted octanol–water partition coefficient (Wildman–Crippen LogP) is 3.57. The molecule has 0 heterocycles. The molecule has 0 radical (unpaired) electrons. The Kier molecular flexibility index (Phi) is 5.74. The average Bonchev–Trinajstić information content (AvgIpc) is 2.55. The van der Waals surface area contributed by atoms with Crippen molar-refractivity contribution in [3.63, 3.8) is 0 Å². The largest absolute Gasteiger partial charge is 0.352 e. The third-order valence-electron chi connectivity index (χ3n) is 3.36. The van der Waals surface area contributed by atoms with Gasteiger partial charge in [-0.15, -0.1) is 0 Å². The third-order valence-corrected chi connectivity index (χ3v) is 5.88. The molecule has 0 unspecified atom stereocenters. The van der Waals surface area contributed by atoms with Gasteiger partial charge in [-0.05, 0) is 49.4 Å². The number of carbonyl (C=O) groups excluding carboxylic acids is 1. The summed E-state index contributed by atoms with van der Waals surface area (Å²) < 4.78 is 26.8. The van der Waals surface area contributed by atoms with Gasteiger partial charge in [-0.3, -0.25) is 9.10 Å². The topological polar surface area (TPSA) is 66.5 Å². The van der Waals surface area contributed by atoms with Crippen molar-refractivity contribution in [1.29, 1.82) is 0 Å². The van der Waals surface area contributed by atoms with Crippen LogP contribution in [0.1, 0.15) is 17.3 Å². The first-order valence-corrected chi connectivity index (χ1v) is 9.29. The summed E-state index contributed by atoms with van der Waals surface area (Å²) in [6, 6.07) is 10.5. The Labute approximate surface area is 151 Å². The fourth-order valence-corrected chi connectivity index (χ4v) is 3.86. The summed E-state index contributed by atoms with van der Waals surface area (Å²) in [6.45, 7) is 2.22. The van der Waals surface area contributed by atoms with Gasteiger partial charge in [0.05, 0.1) is 10.7 Å². The van der Waals surface area contributed by atoms with Crippen LogP contribution in [0.15, 0.2) is 47.4 Å². The van der Waals surface area contributed by atoms with Gasteiger partial charge in [-0.1, -0.05) is 23.2 Å². The number of nitrogens with one attached hydrogen (secondary N) is 1. The molecule has 24 heavy (non-hydrogen) atoms. The molecule has 1 amide bonds. The Balaban J connectivity index is 2.46.